The molecule has 1 saturated heterocycles. The number of rotatable bonds is 5. The Kier molecular flexibility index (Phi) is 5.69. The lowest BCUT2D eigenvalue weighted by molar-refractivity contribution is 0.115. The normalized spacial score (nSPS) is 20.8. The molecule has 0 unspecified atom stereocenters. The first kappa shape index (κ1) is 15.7. The Morgan fingerprint density at radius 1 is 1.06 bits per heavy atom. The van der Waals surface area contributed by atoms with Crippen LogP contribution in [0.5, 0.6) is 0 Å². The van der Waals surface area contributed by atoms with Crippen molar-refractivity contribution in [1.29, 1.82) is 0 Å². The zero-order valence-electron chi connectivity index (χ0n) is 12.0. The summed E-state index contributed by atoms with van der Waals surface area (Å²) in [5.74, 6) is 0. The molecule has 1 N–H and O–H groups in total. The quantitative estimate of drug-likeness (QED) is 0.605. The van der Waals surface area contributed by atoms with Crippen LogP contribution in [-0.2, 0) is 0 Å². The monoisotopic (exact) mass is 353 g/mol. The Morgan fingerprint density at radius 2 is 1.59 bits per heavy atom. The van der Waals surface area contributed by atoms with Crippen LogP contribution in [-0.4, -0.2) is 53.3 Å². The molecular formula is C13H28IN3. The van der Waals surface area contributed by atoms with Crippen LogP contribution in [0.2, 0.25) is 0 Å². The minimum Gasteiger partial charge on any atom is -0.315 e. The summed E-state index contributed by atoms with van der Waals surface area (Å²) in [7, 11) is 2.06. The second kappa shape index (κ2) is 6.17. The Hall–Kier alpha value is 0.610. The number of piperazine rings is 1. The van der Waals surface area contributed by atoms with E-state index in [1.807, 2.05) is 0 Å². The van der Waals surface area contributed by atoms with Crippen LogP contribution >= 0.6 is 22.9 Å². The largest absolute Gasteiger partial charge is 0.315 e. The zero-order valence-corrected chi connectivity index (χ0v) is 14.2. The van der Waals surface area contributed by atoms with Crippen LogP contribution in [0.3, 0.4) is 0 Å². The van der Waals surface area contributed by atoms with E-state index in [4.69, 9.17) is 0 Å². The van der Waals surface area contributed by atoms with Crippen LogP contribution < -0.4 is 5.32 Å². The molecule has 17 heavy (non-hydrogen) atoms. The molecule has 0 saturated carbocycles. The number of hydrogen-bond acceptors (Lipinski definition) is 3. The minimum atomic E-state index is 0.231. The highest BCUT2D eigenvalue weighted by molar-refractivity contribution is 14.1. The van der Waals surface area contributed by atoms with Crippen molar-refractivity contribution in [2.45, 2.75) is 39.7 Å². The molecule has 0 amide bonds. The molecule has 1 aliphatic heterocycles. The number of nitrogens with zero attached hydrogens (tertiary/aromatic N) is 2. The van der Waals surface area contributed by atoms with Gasteiger partial charge in [0.05, 0.1) is 0 Å². The maximum Gasteiger partial charge on any atom is 0.0209 e. The van der Waals surface area contributed by atoms with Crippen LogP contribution in [0.4, 0.5) is 0 Å². The van der Waals surface area contributed by atoms with Crippen molar-refractivity contribution in [2.75, 3.05) is 39.8 Å². The Morgan fingerprint density at radius 3 is 2.06 bits per heavy atom. The van der Waals surface area contributed by atoms with Gasteiger partial charge in [0.15, 0.2) is 0 Å². The minimum absolute atomic E-state index is 0.231. The Bertz CT molecular complexity index is 233. The summed E-state index contributed by atoms with van der Waals surface area (Å²) in [5, 5.41) is 3.41. The van der Waals surface area contributed by atoms with E-state index in [0.717, 1.165) is 0 Å². The number of hydrogen-bond donors (Lipinski definition) is 1. The van der Waals surface area contributed by atoms with E-state index in [-0.39, 0.29) is 5.54 Å². The van der Waals surface area contributed by atoms with Crippen molar-refractivity contribution < 1.29 is 0 Å². The summed E-state index contributed by atoms with van der Waals surface area (Å²) in [6, 6.07) is 0. The van der Waals surface area contributed by atoms with Gasteiger partial charge in [-0.15, -0.1) is 0 Å². The first-order chi connectivity index (χ1) is 7.74. The summed E-state index contributed by atoms with van der Waals surface area (Å²) >= 11 is 2.43. The average molecular weight is 353 g/mol. The molecular weight excluding hydrogens is 325 g/mol. The molecule has 102 valence electrons. The van der Waals surface area contributed by atoms with Crippen LogP contribution in [0.25, 0.3) is 0 Å². The lowest BCUT2D eigenvalue weighted by atomic mass is 9.79. The molecule has 0 aromatic rings. The van der Waals surface area contributed by atoms with Gasteiger partial charge in [-0.1, -0.05) is 13.8 Å². The van der Waals surface area contributed by atoms with E-state index in [1.54, 1.807) is 0 Å². The number of halogens is 1. The molecule has 3 nitrogen and oxygen atoms in total. The molecule has 0 aromatic carbocycles. The summed E-state index contributed by atoms with van der Waals surface area (Å²) in [5.41, 5.74) is 0.606. The third-order valence-corrected chi connectivity index (χ3v) is 4.53. The highest BCUT2D eigenvalue weighted by Crippen LogP contribution is 2.29. The Labute approximate surface area is 121 Å². The van der Waals surface area contributed by atoms with E-state index < -0.39 is 0 Å². The standard InChI is InChI=1S/C13H28IN3/c1-12(2,10-13(3,4)15-5)11-16-6-8-17(14)9-7-16/h15H,6-11H2,1-5H3. The fourth-order valence-corrected chi connectivity index (χ4v) is 3.26. The maximum atomic E-state index is 3.41. The van der Waals surface area contributed by atoms with Gasteiger partial charge in [0.1, 0.15) is 0 Å². The molecule has 0 spiro atoms. The van der Waals surface area contributed by atoms with Crippen molar-refractivity contribution >= 4 is 22.9 Å². The predicted octanol–water partition coefficient (Wildman–Crippen LogP) is 2.37. The molecule has 0 bridgehead atoms. The molecule has 0 radical (unpaired) electrons. The van der Waals surface area contributed by atoms with Crippen molar-refractivity contribution in [3.8, 4) is 0 Å². The van der Waals surface area contributed by atoms with Crippen LogP contribution in [0, 0.1) is 5.41 Å². The summed E-state index contributed by atoms with van der Waals surface area (Å²) in [4.78, 5) is 2.61. The third-order valence-electron chi connectivity index (χ3n) is 3.57. The Balaban J connectivity index is 2.43. The van der Waals surface area contributed by atoms with Gasteiger partial charge in [-0.05, 0) is 32.7 Å². The van der Waals surface area contributed by atoms with E-state index >= 15 is 0 Å². The maximum absolute atomic E-state index is 3.41. The second-order valence-corrected chi connectivity index (χ2v) is 8.03. The van der Waals surface area contributed by atoms with Crippen molar-refractivity contribution in [1.82, 2.24) is 13.3 Å². The van der Waals surface area contributed by atoms with Crippen molar-refractivity contribution in [2.24, 2.45) is 5.41 Å². The molecule has 1 heterocycles. The van der Waals surface area contributed by atoms with Gasteiger partial charge in [-0.3, -0.25) is 0 Å². The van der Waals surface area contributed by atoms with Gasteiger partial charge in [0, 0.05) is 61.1 Å². The topological polar surface area (TPSA) is 18.5 Å². The highest BCUT2D eigenvalue weighted by atomic mass is 127. The van der Waals surface area contributed by atoms with Crippen LogP contribution in [0.15, 0.2) is 0 Å². The number of nitrogens with one attached hydrogen (secondary N) is 1. The van der Waals surface area contributed by atoms with Gasteiger partial charge < -0.3 is 10.2 Å². The van der Waals surface area contributed by atoms with Gasteiger partial charge in [0.2, 0.25) is 0 Å². The van der Waals surface area contributed by atoms with Gasteiger partial charge in [0.25, 0.3) is 0 Å². The molecule has 1 rings (SSSR count). The second-order valence-electron chi connectivity index (χ2n) is 6.66. The first-order valence-corrected chi connectivity index (χ1v) is 7.53. The van der Waals surface area contributed by atoms with E-state index in [9.17, 15) is 0 Å². The summed E-state index contributed by atoms with van der Waals surface area (Å²) in [6.45, 7) is 15.4. The molecule has 0 atom stereocenters. The fraction of sp³-hybridized carbons (Fsp3) is 1.00. The van der Waals surface area contributed by atoms with Crippen molar-refractivity contribution in [3.05, 3.63) is 0 Å². The van der Waals surface area contributed by atoms with Gasteiger partial charge in [-0.2, -0.15) is 0 Å². The predicted molar refractivity (Wildman–Crippen MR) is 83.6 cm³/mol. The van der Waals surface area contributed by atoms with E-state index in [0.29, 0.717) is 5.41 Å². The summed E-state index contributed by atoms with van der Waals surface area (Å²) < 4.78 is 2.39. The summed E-state index contributed by atoms with van der Waals surface area (Å²) in [6.07, 6.45) is 1.21. The highest BCUT2D eigenvalue weighted by Gasteiger charge is 2.30. The lowest BCUT2D eigenvalue weighted by Crippen LogP contribution is -2.48. The lowest BCUT2D eigenvalue weighted by Gasteiger charge is -2.40. The van der Waals surface area contributed by atoms with Crippen molar-refractivity contribution in [3.63, 3.8) is 0 Å². The molecule has 0 aromatic heterocycles. The van der Waals surface area contributed by atoms with E-state index in [2.05, 4.69) is 70.9 Å². The van der Waals surface area contributed by atoms with Gasteiger partial charge >= 0.3 is 0 Å². The van der Waals surface area contributed by atoms with Crippen LogP contribution in [0.1, 0.15) is 34.1 Å². The molecule has 1 aliphatic rings. The van der Waals surface area contributed by atoms with E-state index in [1.165, 1.54) is 39.1 Å². The fourth-order valence-electron chi connectivity index (χ4n) is 2.83. The first-order valence-electron chi connectivity index (χ1n) is 6.56. The average Bonchev–Trinajstić information content (AvgIpc) is 2.20. The third kappa shape index (κ3) is 5.85. The molecule has 0 aliphatic carbocycles. The SMILES string of the molecule is CNC(C)(C)CC(C)(C)CN1CCN(I)CC1. The van der Waals surface area contributed by atoms with Gasteiger partial charge in [-0.25, -0.2) is 3.11 Å². The smallest absolute Gasteiger partial charge is 0.0209 e. The molecule has 1 fully saturated rings. The molecule has 4 heteroatoms. The zero-order chi connectivity index (χ0) is 13.1.